The fraction of sp³-hybridized carbons (Fsp3) is 0.154. The van der Waals surface area contributed by atoms with Gasteiger partial charge in [-0.25, -0.2) is 23.4 Å². The summed E-state index contributed by atoms with van der Waals surface area (Å²) >= 11 is 0. The van der Waals surface area contributed by atoms with Gasteiger partial charge in [-0.2, -0.15) is 18.3 Å². The summed E-state index contributed by atoms with van der Waals surface area (Å²) in [5, 5.41) is 13.8. The normalized spacial score (nSPS) is 11.8. The first kappa shape index (κ1) is 26.0. The summed E-state index contributed by atoms with van der Waals surface area (Å²) in [5.74, 6) is -2.75. The van der Waals surface area contributed by atoms with E-state index in [-0.39, 0.29) is 57.3 Å². The van der Waals surface area contributed by atoms with Crippen molar-refractivity contribution < 1.29 is 31.8 Å². The lowest BCUT2D eigenvalue weighted by Crippen LogP contribution is -2.13. The van der Waals surface area contributed by atoms with Gasteiger partial charge in [0.25, 0.3) is 0 Å². The predicted molar refractivity (Wildman–Crippen MR) is 130 cm³/mol. The molecule has 2 N–H and O–H groups in total. The molecule has 0 bridgehead atoms. The molecule has 4 aromatic heterocycles. The van der Waals surface area contributed by atoms with Crippen molar-refractivity contribution in [1.29, 1.82) is 0 Å². The number of pyridine rings is 3. The molecule has 0 amide bonds. The van der Waals surface area contributed by atoms with Crippen molar-refractivity contribution in [2.45, 2.75) is 26.6 Å². The third-order valence-electron chi connectivity index (χ3n) is 6.18. The molecule has 200 valence electrons. The largest absolute Gasteiger partial charge is 0.438 e. The highest BCUT2D eigenvalue weighted by Crippen LogP contribution is 2.41. The molecular weight excluding hydrogens is 525 g/mol. The van der Waals surface area contributed by atoms with Crippen molar-refractivity contribution >= 4 is 10.9 Å². The number of hydrogen-bond donors (Lipinski definition) is 2. The summed E-state index contributed by atoms with van der Waals surface area (Å²) in [4.78, 5) is 24.3. The second kappa shape index (κ2) is 9.58. The molecule has 0 unspecified atom stereocenters. The van der Waals surface area contributed by atoms with Crippen LogP contribution in [0.15, 0.2) is 53.7 Å². The van der Waals surface area contributed by atoms with Crippen molar-refractivity contribution in [3.63, 3.8) is 0 Å². The maximum absolute atomic E-state index is 14.2. The SMILES string of the molecule is Cc1c(Oc2ncc(C(F)(F)F)c(C)c2-c2cc(=O)c3c(-n4nccc4CO)nccc3[nH]2)ccc(F)c1F. The van der Waals surface area contributed by atoms with E-state index in [0.29, 0.717) is 11.9 Å². The van der Waals surface area contributed by atoms with Crippen LogP contribution < -0.4 is 10.2 Å². The number of fused-ring (bicyclic) bond motifs is 1. The molecule has 0 saturated carbocycles. The molecule has 0 atom stereocenters. The zero-order chi connectivity index (χ0) is 28.1. The summed E-state index contributed by atoms with van der Waals surface area (Å²) < 4.78 is 76.1. The number of halogens is 5. The minimum atomic E-state index is -4.78. The van der Waals surface area contributed by atoms with Crippen molar-refractivity contribution in [2.24, 2.45) is 0 Å². The monoisotopic (exact) mass is 543 g/mol. The Kier molecular flexibility index (Phi) is 6.38. The molecule has 39 heavy (non-hydrogen) atoms. The van der Waals surface area contributed by atoms with Crippen LogP contribution in [0, 0.1) is 25.5 Å². The Hall–Kier alpha value is -4.65. The molecule has 0 aliphatic carbocycles. The fourth-order valence-corrected chi connectivity index (χ4v) is 4.23. The molecule has 8 nitrogen and oxygen atoms in total. The minimum Gasteiger partial charge on any atom is -0.438 e. The summed E-state index contributed by atoms with van der Waals surface area (Å²) in [6.45, 7) is 2.04. The topological polar surface area (TPSA) is 106 Å². The molecule has 0 aliphatic rings. The van der Waals surface area contributed by atoms with Gasteiger partial charge in [-0.3, -0.25) is 4.79 Å². The van der Waals surface area contributed by atoms with E-state index in [0.717, 1.165) is 18.2 Å². The smallest absolute Gasteiger partial charge is 0.418 e. The van der Waals surface area contributed by atoms with Crippen molar-refractivity contribution in [2.75, 3.05) is 0 Å². The molecule has 0 fully saturated rings. The molecule has 0 saturated heterocycles. The van der Waals surface area contributed by atoms with E-state index in [1.807, 2.05) is 0 Å². The molecule has 0 radical (unpaired) electrons. The first-order valence-electron chi connectivity index (χ1n) is 11.4. The van der Waals surface area contributed by atoms with Gasteiger partial charge in [0.05, 0.1) is 40.0 Å². The molecule has 4 heterocycles. The molecule has 5 aromatic rings. The number of aromatic amines is 1. The maximum Gasteiger partial charge on any atom is 0.418 e. The highest BCUT2D eigenvalue weighted by atomic mass is 19.4. The van der Waals surface area contributed by atoms with E-state index in [9.17, 15) is 31.9 Å². The number of H-pyrrole nitrogens is 1. The second-order valence-corrected chi connectivity index (χ2v) is 8.56. The Morgan fingerprint density at radius 3 is 2.54 bits per heavy atom. The summed E-state index contributed by atoms with van der Waals surface area (Å²) in [7, 11) is 0. The molecule has 0 spiro atoms. The number of aliphatic hydroxyl groups is 1. The Morgan fingerprint density at radius 2 is 1.82 bits per heavy atom. The number of aromatic nitrogens is 5. The van der Waals surface area contributed by atoms with Crippen LogP contribution in [-0.2, 0) is 12.8 Å². The maximum atomic E-state index is 14.2. The number of benzene rings is 1. The van der Waals surface area contributed by atoms with E-state index in [1.165, 1.54) is 43.1 Å². The molecule has 5 rings (SSSR count). The van der Waals surface area contributed by atoms with Crippen LogP contribution >= 0.6 is 0 Å². The van der Waals surface area contributed by atoms with Crippen LogP contribution in [0.3, 0.4) is 0 Å². The predicted octanol–water partition coefficient (Wildman–Crippen LogP) is 5.37. The third kappa shape index (κ3) is 4.50. The molecular formula is C26H18F5N5O3. The number of rotatable bonds is 5. The lowest BCUT2D eigenvalue weighted by Gasteiger charge is -2.18. The Balaban J connectivity index is 1.75. The average molecular weight is 543 g/mol. The van der Waals surface area contributed by atoms with Crippen molar-refractivity contribution in [3.8, 4) is 28.7 Å². The molecule has 13 heteroatoms. The van der Waals surface area contributed by atoms with Gasteiger partial charge < -0.3 is 14.8 Å². The minimum absolute atomic E-state index is 0.0659. The number of aliphatic hydroxyl groups excluding tert-OH is 1. The lowest BCUT2D eigenvalue weighted by molar-refractivity contribution is -0.138. The van der Waals surface area contributed by atoms with E-state index >= 15 is 0 Å². The van der Waals surface area contributed by atoms with E-state index in [4.69, 9.17) is 4.74 Å². The van der Waals surface area contributed by atoms with Crippen LogP contribution in [0.1, 0.15) is 22.4 Å². The molecule has 0 aliphatic heterocycles. The van der Waals surface area contributed by atoms with Gasteiger partial charge in [0.15, 0.2) is 22.9 Å². The number of nitrogens with zero attached hydrogens (tertiary/aromatic N) is 4. The van der Waals surface area contributed by atoms with Crippen LogP contribution in [-0.4, -0.2) is 29.8 Å². The first-order chi connectivity index (χ1) is 18.5. The van der Waals surface area contributed by atoms with Gasteiger partial charge in [0.2, 0.25) is 5.88 Å². The van der Waals surface area contributed by atoms with Crippen LogP contribution in [0.2, 0.25) is 0 Å². The van der Waals surface area contributed by atoms with Gasteiger partial charge >= 0.3 is 6.18 Å². The third-order valence-corrected chi connectivity index (χ3v) is 6.18. The number of hydrogen-bond acceptors (Lipinski definition) is 6. The first-order valence-corrected chi connectivity index (χ1v) is 11.4. The number of ether oxygens (including phenoxy) is 1. The van der Waals surface area contributed by atoms with Crippen LogP contribution in [0.25, 0.3) is 28.0 Å². The second-order valence-electron chi connectivity index (χ2n) is 8.56. The zero-order valence-corrected chi connectivity index (χ0v) is 20.3. The highest BCUT2D eigenvalue weighted by molar-refractivity contribution is 5.88. The summed E-state index contributed by atoms with van der Waals surface area (Å²) in [5.41, 5.74) is -1.95. The summed E-state index contributed by atoms with van der Waals surface area (Å²) in [6, 6.07) is 5.98. The van der Waals surface area contributed by atoms with E-state index in [2.05, 4.69) is 20.1 Å². The highest BCUT2D eigenvalue weighted by Gasteiger charge is 2.35. The van der Waals surface area contributed by atoms with Crippen molar-refractivity contribution in [3.05, 3.63) is 93.2 Å². The average Bonchev–Trinajstić information content (AvgIpc) is 3.37. The van der Waals surface area contributed by atoms with Gasteiger partial charge in [-0.05, 0) is 43.7 Å². The number of alkyl halides is 3. The standard InChI is InChI=1S/C26H18F5N5O3/c1-12-15(26(29,30)31)10-33-25(39-20-4-3-16(27)23(28)13(20)2)21(12)18-9-19(38)22-17(35-18)6-7-32-24(22)36-14(11-37)5-8-34-36/h3-10,37H,11H2,1-2H3,(H,35,38). The van der Waals surface area contributed by atoms with E-state index < -0.39 is 28.8 Å². The van der Waals surface area contributed by atoms with Crippen LogP contribution in [0.5, 0.6) is 11.6 Å². The number of nitrogens with one attached hydrogen (secondary N) is 1. The van der Waals surface area contributed by atoms with E-state index in [1.54, 1.807) is 0 Å². The van der Waals surface area contributed by atoms with Crippen LogP contribution in [0.4, 0.5) is 22.0 Å². The molecule has 1 aromatic carbocycles. The Labute approximate surface area is 216 Å². The quantitative estimate of drug-likeness (QED) is 0.289. The fourth-order valence-electron chi connectivity index (χ4n) is 4.23. The van der Waals surface area contributed by atoms with Gasteiger partial charge in [0, 0.05) is 30.2 Å². The van der Waals surface area contributed by atoms with Gasteiger partial charge in [-0.1, -0.05) is 0 Å². The lowest BCUT2D eigenvalue weighted by atomic mass is 10.0. The Bertz CT molecular complexity index is 1800. The van der Waals surface area contributed by atoms with Gasteiger partial charge in [0.1, 0.15) is 5.75 Å². The zero-order valence-electron chi connectivity index (χ0n) is 20.3. The Morgan fingerprint density at radius 1 is 1.05 bits per heavy atom. The van der Waals surface area contributed by atoms with Crippen molar-refractivity contribution in [1.82, 2.24) is 24.7 Å². The summed E-state index contributed by atoms with van der Waals surface area (Å²) in [6.07, 6.45) is -1.44. The van der Waals surface area contributed by atoms with Gasteiger partial charge in [-0.15, -0.1) is 0 Å².